The summed E-state index contributed by atoms with van der Waals surface area (Å²) in [4.78, 5) is 4.27. The minimum absolute atomic E-state index is 0.0477. The summed E-state index contributed by atoms with van der Waals surface area (Å²) in [5.41, 5.74) is 0. The third-order valence-corrected chi connectivity index (χ3v) is 8.14. The number of nitrogens with one attached hydrogen (secondary N) is 2. The van der Waals surface area contributed by atoms with E-state index in [1.165, 1.54) is 6.42 Å². The monoisotopic (exact) mass is 432 g/mol. The Kier molecular flexibility index (Phi) is 6.38. The Morgan fingerprint density at radius 1 is 1.23 bits per heavy atom. The van der Waals surface area contributed by atoms with Crippen LogP contribution in [-0.2, 0) is 16.6 Å². The maximum atomic E-state index is 12.8. The van der Waals surface area contributed by atoms with Gasteiger partial charge in [0.25, 0.3) is 0 Å². The highest BCUT2D eigenvalue weighted by atomic mass is 32.2. The van der Waals surface area contributed by atoms with Crippen molar-refractivity contribution in [1.29, 1.82) is 0 Å². The molecule has 2 heterocycles. The average molecular weight is 433 g/mol. The van der Waals surface area contributed by atoms with Gasteiger partial charge in [0.2, 0.25) is 10.0 Å². The van der Waals surface area contributed by atoms with Crippen molar-refractivity contribution in [1.82, 2.24) is 24.8 Å². The summed E-state index contributed by atoms with van der Waals surface area (Å²) >= 11 is 0. The van der Waals surface area contributed by atoms with Gasteiger partial charge in [-0.3, -0.25) is 0 Å². The number of sulfonamides is 1. The molecule has 30 heavy (non-hydrogen) atoms. The van der Waals surface area contributed by atoms with Gasteiger partial charge in [0, 0.05) is 24.7 Å². The van der Waals surface area contributed by atoms with Crippen LogP contribution in [0.25, 0.3) is 0 Å². The van der Waals surface area contributed by atoms with Crippen LogP contribution in [0.1, 0.15) is 69.4 Å². The van der Waals surface area contributed by atoms with Crippen molar-refractivity contribution in [2.24, 2.45) is 16.8 Å². The SMILES string of the molecule is C=C1/N=C\c2nnc([C@H]3C[C@@H](NS(=O)(=O)CC4CCCCC4)C[C@H]3C)n2C/C=C\N1. The lowest BCUT2D eigenvalue weighted by atomic mass is 9.91. The van der Waals surface area contributed by atoms with Gasteiger partial charge in [-0.2, -0.15) is 0 Å². The zero-order valence-electron chi connectivity index (χ0n) is 17.6. The molecule has 0 aromatic carbocycles. The van der Waals surface area contributed by atoms with Crippen LogP contribution in [0.15, 0.2) is 29.7 Å². The molecular weight excluding hydrogens is 400 g/mol. The summed E-state index contributed by atoms with van der Waals surface area (Å²) in [7, 11) is -3.26. The second-order valence-electron chi connectivity index (χ2n) is 8.93. The lowest BCUT2D eigenvalue weighted by molar-refractivity contribution is 0.383. The number of allylic oxidation sites excluding steroid dienone is 1. The van der Waals surface area contributed by atoms with Gasteiger partial charge in [-0.25, -0.2) is 18.1 Å². The van der Waals surface area contributed by atoms with Crippen molar-refractivity contribution >= 4 is 16.2 Å². The Hall–Kier alpha value is -2.00. The number of aliphatic imine (C=N–C) groups is 1. The second-order valence-corrected chi connectivity index (χ2v) is 10.7. The summed E-state index contributed by atoms with van der Waals surface area (Å²) < 4.78 is 30.6. The standard InChI is InChI=1S/C21H32N6O2S/c1-15-11-18(26-30(28,29)14-17-7-4-3-5-8-17)12-19(15)21-25-24-20-13-23-16(2)22-9-6-10-27(20)21/h6,9,13,15,17-19,22,26H,2-5,7-8,10-12,14H2,1H3/b9-6-,23-13-/t15-,18+,19+/m1/s1. The maximum absolute atomic E-state index is 12.8. The van der Waals surface area contributed by atoms with Gasteiger partial charge in [-0.05, 0) is 43.6 Å². The molecule has 0 bridgehead atoms. The number of nitrogens with zero attached hydrogens (tertiary/aromatic N) is 4. The number of hydrogen-bond acceptors (Lipinski definition) is 6. The first kappa shape index (κ1) is 21.2. The van der Waals surface area contributed by atoms with Gasteiger partial charge in [0.1, 0.15) is 11.6 Å². The van der Waals surface area contributed by atoms with E-state index in [1.54, 1.807) is 6.21 Å². The highest BCUT2D eigenvalue weighted by Crippen LogP contribution is 2.39. The van der Waals surface area contributed by atoms with Crippen molar-refractivity contribution < 1.29 is 8.42 Å². The number of aromatic nitrogens is 3. The molecule has 2 fully saturated rings. The zero-order valence-corrected chi connectivity index (χ0v) is 18.4. The Morgan fingerprint density at radius 3 is 2.83 bits per heavy atom. The van der Waals surface area contributed by atoms with E-state index < -0.39 is 10.0 Å². The van der Waals surface area contributed by atoms with Crippen LogP contribution in [0.4, 0.5) is 0 Å². The van der Waals surface area contributed by atoms with Gasteiger partial charge in [0.15, 0.2) is 5.82 Å². The van der Waals surface area contributed by atoms with E-state index in [0.717, 1.165) is 44.3 Å². The summed E-state index contributed by atoms with van der Waals surface area (Å²) in [6.45, 7) is 6.63. The molecule has 164 valence electrons. The van der Waals surface area contributed by atoms with Gasteiger partial charge in [-0.15, -0.1) is 10.2 Å². The molecule has 1 aliphatic heterocycles. The Bertz CT molecular complexity index is 929. The molecule has 2 aliphatic carbocycles. The molecule has 0 saturated heterocycles. The average Bonchev–Trinajstić information content (AvgIpc) is 3.27. The normalized spacial score (nSPS) is 30.0. The summed E-state index contributed by atoms with van der Waals surface area (Å²) in [5.74, 6) is 3.19. The molecule has 3 aliphatic rings. The molecule has 4 rings (SSSR count). The van der Waals surface area contributed by atoms with Gasteiger partial charge < -0.3 is 9.88 Å². The Morgan fingerprint density at radius 2 is 2.03 bits per heavy atom. The molecule has 0 radical (unpaired) electrons. The fourth-order valence-corrected chi connectivity index (χ4v) is 6.79. The highest BCUT2D eigenvalue weighted by Gasteiger charge is 2.38. The van der Waals surface area contributed by atoms with Gasteiger partial charge in [-0.1, -0.05) is 32.8 Å². The van der Waals surface area contributed by atoms with Crippen molar-refractivity contribution in [3.63, 3.8) is 0 Å². The molecule has 0 unspecified atom stereocenters. The van der Waals surface area contributed by atoms with E-state index >= 15 is 0 Å². The molecule has 1 aromatic rings. The smallest absolute Gasteiger partial charge is 0.212 e. The van der Waals surface area contributed by atoms with Crippen molar-refractivity contribution in [3.05, 3.63) is 36.3 Å². The number of rotatable bonds is 5. The fourth-order valence-electron chi connectivity index (χ4n) is 5.04. The summed E-state index contributed by atoms with van der Waals surface area (Å²) in [5, 5.41) is 11.8. The van der Waals surface area contributed by atoms with E-state index in [9.17, 15) is 8.42 Å². The van der Waals surface area contributed by atoms with Crippen LogP contribution in [0.2, 0.25) is 0 Å². The lowest BCUT2D eigenvalue weighted by Gasteiger charge is -2.22. The maximum Gasteiger partial charge on any atom is 0.212 e. The minimum Gasteiger partial charge on any atom is -0.347 e. The quantitative estimate of drug-likeness (QED) is 0.745. The molecule has 1 aromatic heterocycles. The van der Waals surface area contributed by atoms with Crippen molar-refractivity contribution in [3.8, 4) is 0 Å². The lowest BCUT2D eigenvalue weighted by Crippen LogP contribution is -2.37. The van der Waals surface area contributed by atoms with Gasteiger partial charge in [0.05, 0.1) is 12.0 Å². The third-order valence-electron chi connectivity index (χ3n) is 6.54. The first-order chi connectivity index (χ1) is 14.4. The van der Waals surface area contributed by atoms with E-state index in [4.69, 9.17) is 0 Å². The molecule has 2 N–H and O–H groups in total. The van der Waals surface area contributed by atoms with E-state index in [0.29, 0.717) is 30.0 Å². The largest absolute Gasteiger partial charge is 0.347 e. The summed E-state index contributed by atoms with van der Waals surface area (Å²) in [6, 6.07) is -0.0477. The van der Waals surface area contributed by atoms with E-state index in [1.807, 2.05) is 12.3 Å². The summed E-state index contributed by atoms with van der Waals surface area (Å²) in [6.07, 6.45) is 12.6. The molecular formula is C21H32N6O2S. The van der Waals surface area contributed by atoms with Crippen molar-refractivity contribution in [2.75, 3.05) is 5.75 Å². The first-order valence-electron chi connectivity index (χ1n) is 11.0. The first-order valence-corrected chi connectivity index (χ1v) is 12.6. The minimum atomic E-state index is -3.26. The van der Waals surface area contributed by atoms with E-state index in [2.05, 4.69) is 43.3 Å². The highest BCUT2D eigenvalue weighted by molar-refractivity contribution is 7.89. The van der Waals surface area contributed by atoms with Crippen molar-refractivity contribution in [2.45, 2.75) is 70.4 Å². The molecule has 8 nitrogen and oxygen atoms in total. The molecule has 2 saturated carbocycles. The van der Waals surface area contributed by atoms with Crippen LogP contribution in [-0.4, -0.2) is 41.2 Å². The van der Waals surface area contributed by atoms with Crippen LogP contribution in [0, 0.1) is 11.8 Å². The van der Waals surface area contributed by atoms with E-state index in [-0.39, 0.29) is 17.7 Å². The predicted molar refractivity (Wildman–Crippen MR) is 117 cm³/mol. The molecule has 9 heteroatoms. The van der Waals surface area contributed by atoms with Crippen LogP contribution < -0.4 is 10.0 Å². The fraction of sp³-hybridized carbons (Fsp3) is 0.667. The topological polar surface area (TPSA) is 101 Å². The Labute approximate surface area is 179 Å². The van der Waals surface area contributed by atoms with Crippen LogP contribution >= 0.6 is 0 Å². The number of hydrogen-bond donors (Lipinski definition) is 2. The third kappa shape index (κ3) is 5.00. The Balaban J connectivity index is 1.45. The second kappa shape index (κ2) is 9.01. The van der Waals surface area contributed by atoms with Crippen LogP contribution in [0.3, 0.4) is 0 Å². The van der Waals surface area contributed by atoms with Crippen LogP contribution in [0.5, 0.6) is 0 Å². The number of fused-ring (bicyclic) bond motifs is 1. The molecule has 3 atom stereocenters. The zero-order chi connectivity index (χ0) is 21.1. The molecule has 0 amide bonds. The predicted octanol–water partition coefficient (Wildman–Crippen LogP) is 2.67. The van der Waals surface area contributed by atoms with Gasteiger partial charge >= 0.3 is 0 Å². The molecule has 0 spiro atoms.